The summed E-state index contributed by atoms with van der Waals surface area (Å²) < 4.78 is 7.21. The summed E-state index contributed by atoms with van der Waals surface area (Å²) in [5.74, 6) is 6.35. The number of nitrogens with two attached hydrogens (primary N) is 1. The molecule has 6 nitrogen and oxygen atoms in total. The van der Waals surface area contributed by atoms with Gasteiger partial charge in [0.2, 0.25) is 5.16 Å². The fourth-order valence-corrected chi connectivity index (χ4v) is 3.28. The highest BCUT2D eigenvalue weighted by Gasteiger charge is 2.29. The van der Waals surface area contributed by atoms with Crippen molar-refractivity contribution in [2.24, 2.45) is 0 Å². The van der Waals surface area contributed by atoms with Crippen molar-refractivity contribution in [1.82, 2.24) is 14.9 Å². The number of carbonyl (C=O) groups is 1. The van der Waals surface area contributed by atoms with E-state index >= 15 is 0 Å². The van der Waals surface area contributed by atoms with E-state index in [0.717, 1.165) is 10.0 Å². The second-order valence-corrected chi connectivity index (χ2v) is 6.24. The van der Waals surface area contributed by atoms with E-state index in [1.807, 2.05) is 24.3 Å². The van der Waals surface area contributed by atoms with Crippen LogP contribution in [0.5, 0.6) is 0 Å². The first-order valence-electron chi connectivity index (χ1n) is 5.95. The van der Waals surface area contributed by atoms with Crippen LogP contribution in [0.3, 0.4) is 0 Å². The van der Waals surface area contributed by atoms with E-state index in [1.165, 1.54) is 16.4 Å². The Morgan fingerprint density at radius 2 is 2.20 bits per heavy atom. The lowest BCUT2D eigenvalue weighted by Crippen LogP contribution is -2.15. The number of esters is 1. The van der Waals surface area contributed by atoms with Crippen LogP contribution < -0.4 is 5.84 Å². The topological polar surface area (TPSA) is 83.0 Å². The number of ether oxygens (including phenoxy) is 1. The zero-order chi connectivity index (χ0) is 14.1. The number of aromatic nitrogens is 3. The molecule has 3 rings (SSSR count). The maximum atomic E-state index is 11.5. The van der Waals surface area contributed by atoms with Crippen LogP contribution in [-0.2, 0) is 9.53 Å². The Morgan fingerprint density at radius 3 is 2.90 bits per heavy atom. The molecule has 20 heavy (non-hydrogen) atoms. The molecule has 0 aliphatic carbocycles. The molecule has 0 unspecified atom stereocenters. The number of hydrogen-bond donors (Lipinski definition) is 1. The molecule has 1 fully saturated rings. The molecular weight excluding hydrogens is 344 g/mol. The summed E-state index contributed by atoms with van der Waals surface area (Å²) in [5, 5.41) is 8.40. The summed E-state index contributed by atoms with van der Waals surface area (Å²) in [7, 11) is 0. The highest BCUT2D eigenvalue weighted by Crippen LogP contribution is 2.31. The van der Waals surface area contributed by atoms with Gasteiger partial charge in [0.1, 0.15) is 5.25 Å². The van der Waals surface area contributed by atoms with Crippen LogP contribution in [-0.4, -0.2) is 32.7 Å². The number of hydrogen-bond acceptors (Lipinski definition) is 6. The van der Waals surface area contributed by atoms with Crippen LogP contribution >= 0.6 is 27.7 Å². The van der Waals surface area contributed by atoms with E-state index in [4.69, 9.17) is 10.6 Å². The van der Waals surface area contributed by atoms with Gasteiger partial charge in [0, 0.05) is 16.5 Å². The second kappa shape index (κ2) is 5.45. The molecular formula is C12H11BrN4O2S. The van der Waals surface area contributed by atoms with E-state index in [0.29, 0.717) is 24.0 Å². The highest BCUT2D eigenvalue weighted by atomic mass is 79.9. The normalized spacial score (nSPS) is 18.2. The van der Waals surface area contributed by atoms with E-state index in [9.17, 15) is 4.79 Å². The van der Waals surface area contributed by atoms with Crippen molar-refractivity contribution in [3.8, 4) is 11.4 Å². The molecule has 0 radical (unpaired) electrons. The number of cyclic esters (lactones) is 1. The third kappa shape index (κ3) is 2.40. The summed E-state index contributed by atoms with van der Waals surface area (Å²) in [6.45, 7) is 0.451. The third-order valence-corrected chi connectivity index (χ3v) is 4.81. The van der Waals surface area contributed by atoms with Gasteiger partial charge in [-0.15, -0.1) is 10.2 Å². The summed E-state index contributed by atoms with van der Waals surface area (Å²) in [6, 6.07) is 7.62. The van der Waals surface area contributed by atoms with E-state index in [-0.39, 0.29) is 11.2 Å². The van der Waals surface area contributed by atoms with E-state index in [2.05, 4.69) is 26.1 Å². The number of benzene rings is 1. The average Bonchev–Trinajstić information content (AvgIpc) is 2.99. The fraction of sp³-hybridized carbons (Fsp3) is 0.250. The van der Waals surface area contributed by atoms with Gasteiger partial charge in [-0.05, 0) is 12.1 Å². The van der Waals surface area contributed by atoms with E-state index in [1.54, 1.807) is 0 Å². The van der Waals surface area contributed by atoms with Crippen LogP contribution in [0.25, 0.3) is 11.4 Å². The monoisotopic (exact) mass is 354 g/mol. The predicted octanol–water partition coefficient (Wildman–Crippen LogP) is 1.83. The molecule has 1 aromatic heterocycles. The van der Waals surface area contributed by atoms with Crippen LogP contribution in [0, 0.1) is 0 Å². The first-order chi connectivity index (χ1) is 9.66. The number of carbonyl (C=O) groups excluding carboxylic acids is 1. The van der Waals surface area contributed by atoms with Gasteiger partial charge in [-0.3, -0.25) is 4.79 Å². The number of nitrogens with zero attached hydrogens (tertiary/aromatic N) is 3. The predicted molar refractivity (Wildman–Crippen MR) is 78.5 cm³/mol. The summed E-state index contributed by atoms with van der Waals surface area (Å²) in [5.41, 5.74) is 0.850. The van der Waals surface area contributed by atoms with Crippen molar-refractivity contribution in [3.05, 3.63) is 28.7 Å². The molecule has 2 aromatic rings. The zero-order valence-electron chi connectivity index (χ0n) is 10.3. The molecule has 0 saturated carbocycles. The minimum absolute atomic E-state index is 0.222. The van der Waals surface area contributed by atoms with Crippen LogP contribution in [0.2, 0.25) is 0 Å². The Kier molecular flexibility index (Phi) is 3.66. The maximum absolute atomic E-state index is 11.5. The van der Waals surface area contributed by atoms with Crippen LogP contribution in [0.1, 0.15) is 6.42 Å². The van der Waals surface area contributed by atoms with Crippen LogP contribution in [0.4, 0.5) is 0 Å². The lowest BCUT2D eigenvalue weighted by molar-refractivity contribution is -0.137. The lowest BCUT2D eigenvalue weighted by Gasteiger charge is -2.06. The largest absolute Gasteiger partial charge is 0.465 e. The number of rotatable bonds is 3. The Balaban J connectivity index is 1.89. The van der Waals surface area contributed by atoms with Crippen molar-refractivity contribution >= 4 is 33.7 Å². The molecule has 2 heterocycles. The number of halogens is 1. The first-order valence-corrected chi connectivity index (χ1v) is 7.63. The van der Waals surface area contributed by atoms with Gasteiger partial charge < -0.3 is 10.6 Å². The van der Waals surface area contributed by atoms with Crippen molar-refractivity contribution in [1.29, 1.82) is 0 Å². The quantitative estimate of drug-likeness (QED) is 0.668. The molecule has 2 N–H and O–H groups in total. The van der Waals surface area contributed by atoms with Gasteiger partial charge >= 0.3 is 5.97 Å². The van der Waals surface area contributed by atoms with Gasteiger partial charge in [0.05, 0.1) is 6.61 Å². The lowest BCUT2D eigenvalue weighted by atomic mass is 10.2. The first kappa shape index (κ1) is 13.4. The maximum Gasteiger partial charge on any atom is 0.319 e. The van der Waals surface area contributed by atoms with Gasteiger partial charge in [-0.2, -0.15) is 0 Å². The Bertz CT molecular complexity index is 661. The molecule has 1 aromatic carbocycles. The molecule has 1 saturated heterocycles. The molecule has 8 heteroatoms. The summed E-state index contributed by atoms with van der Waals surface area (Å²) >= 11 is 4.74. The van der Waals surface area contributed by atoms with Crippen molar-refractivity contribution in [3.63, 3.8) is 0 Å². The van der Waals surface area contributed by atoms with Gasteiger partial charge in [0.15, 0.2) is 5.82 Å². The van der Waals surface area contributed by atoms with Crippen molar-refractivity contribution in [2.45, 2.75) is 16.8 Å². The van der Waals surface area contributed by atoms with E-state index < -0.39 is 0 Å². The molecule has 1 aliphatic rings. The second-order valence-electron chi connectivity index (χ2n) is 4.22. The van der Waals surface area contributed by atoms with Crippen LogP contribution in [0.15, 0.2) is 33.9 Å². The average molecular weight is 355 g/mol. The number of thioether (sulfide) groups is 1. The summed E-state index contributed by atoms with van der Waals surface area (Å²) in [4.78, 5) is 11.5. The van der Waals surface area contributed by atoms with Gasteiger partial charge in [-0.25, -0.2) is 4.68 Å². The standard InChI is InChI=1S/C12H11BrN4O2S/c13-8-4-2-1-3-7(8)10-15-16-12(17(10)14)20-9-5-6-19-11(9)18/h1-4,9H,5-6,14H2/t9-/m1/s1. The molecule has 1 aliphatic heterocycles. The Hall–Kier alpha value is -1.54. The van der Waals surface area contributed by atoms with Gasteiger partial charge in [0.25, 0.3) is 0 Å². The SMILES string of the molecule is Nn1c(S[C@@H]2CCOC2=O)nnc1-c1ccccc1Br. The molecule has 0 spiro atoms. The minimum Gasteiger partial charge on any atom is -0.465 e. The van der Waals surface area contributed by atoms with Crippen molar-refractivity contribution in [2.75, 3.05) is 12.4 Å². The molecule has 0 bridgehead atoms. The smallest absolute Gasteiger partial charge is 0.319 e. The zero-order valence-corrected chi connectivity index (χ0v) is 12.7. The minimum atomic E-state index is -0.256. The number of nitrogen functional groups attached to an aromatic ring is 1. The molecule has 104 valence electrons. The third-order valence-electron chi connectivity index (χ3n) is 2.91. The van der Waals surface area contributed by atoms with Crippen molar-refractivity contribution < 1.29 is 9.53 Å². The Morgan fingerprint density at radius 1 is 1.40 bits per heavy atom. The molecule has 1 atom stereocenters. The molecule has 0 amide bonds. The van der Waals surface area contributed by atoms with Gasteiger partial charge in [-0.1, -0.05) is 39.8 Å². The Labute approximate surface area is 127 Å². The highest BCUT2D eigenvalue weighted by molar-refractivity contribution is 9.10. The summed E-state index contributed by atoms with van der Waals surface area (Å²) in [6.07, 6.45) is 0.667. The fourth-order valence-electron chi connectivity index (χ4n) is 1.90.